The van der Waals surface area contributed by atoms with Gasteiger partial charge >= 0.3 is 17.8 Å². The van der Waals surface area contributed by atoms with Gasteiger partial charge in [-0.25, -0.2) is 9.69 Å². The van der Waals surface area contributed by atoms with Crippen LogP contribution in [0.4, 0.5) is 4.79 Å². The molecule has 0 unspecified atom stereocenters. The number of hydrogen-bond acceptors (Lipinski definition) is 6. The highest BCUT2D eigenvalue weighted by atomic mass is 79.9. The molecule has 4 rings (SSSR count). The number of hydrogen-bond donors (Lipinski definition) is 0. The summed E-state index contributed by atoms with van der Waals surface area (Å²) in [6.07, 6.45) is 3.66. The minimum atomic E-state index is -0.669. The fourth-order valence-electron chi connectivity index (χ4n) is 4.08. The van der Waals surface area contributed by atoms with E-state index < -0.39 is 17.8 Å². The number of amides is 4. The molecule has 2 aliphatic heterocycles. The van der Waals surface area contributed by atoms with Crippen LogP contribution in [0.5, 0.6) is 0 Å². The molecule has 0 spiro atoms. The van der Waals surface area contributed by atoms with Crippen molar-refractivity contribution in [3.05, 3.63) is 20.8 Å². The van der Waals surface area contributed by atoms with E-state index in [1.807, 2.05) is 0 Å². The van der Waals surface area contributed by atoms with E-state index in [1.165, 1.54) is 9.78 Å². The number of urea groups is 1. The Balaban J connectivity index is 1.31. The topological polar surface area (TPSA) is 64.2 Å². The highest BCUT2D eigenvalue weighted by molar-refractivity contribution is 9.11. The average molecular weight is 455 g/mol. The largest absolute Gasteiger partial charge is 0.335 e. The van der Waals surface area contributed by atoms with Crippen LogP contribution in [0.1, 0.15) is 30.6 Å². The number of carbonyl (C=O) groups is 3. The Morgan fingerprint density at radius 1 is 0.963 bits per heavy atom. The molecule has 3 heterocycles. The summed E-state index contributed by atoms with van der Waals surface area (Å²) in [5.74, 6) is -1.31. The zero-order chi connectivity index (χ0) is 19.0. The van der Waals surface area contributed by atoms with Crippen LogP contribution in [-0.2, 0) is 16.1 Å². The van der Waals surface area contributed by atoms with Gasteiger partial charge in [0.25, 0.3) is 0 Å². The molecule has 0 atom stereocenters. The third kappa shape index (κ3) is 3.96. The molecule has 3 fully saturated rings. The Labute approximate surface area is 171 Å². The van der Waals surface area contributed by atoms with Crippen molar-refractivity contribution >= 4 is 45.1 Å². The molecule has 1 saturated carbocycles. The summed E-state index contributed by atoms with van der Waals surface area (Å²) in [6.45, 7) is 4.45. The zero-order valence-electron chi connectivity index (χ0n) is 15.1. The lowest BCUT2D eigenvalue weighted by Crippen LogP contribution is -2.51. The molecule has 146 valence electrons. The van der Waals surface area contributed by atoms with Crippen molar-refractivity contribution in [1.29, 1.82) is 0 Å². The van der Waals surface area contributed by atoms with Gasteiger partial charge in [-0.1, -0.05) is 12.8 Å². The standard InChI is InChI=1S/C18H23BrN4O3S/c19-15-6-5-14(27-15)11-20-7-9-21(10-8-20)12-22-16(24)17(25)23(18(22)26)13-3-1-2-4-13/h5-6,13H,1-4,7-12H2. The van der Waals surface area contributed by atoms with Gasteiger partial charge in [0.1, 0.15) is 0 Å². The van der Waals surface area contributed by atoms with Crippen molar-refractivity contribution in [3.8, 4) is 0 Å². The lowest BCUT2D eigenvalue weighted by molar-refractivity contribution is -0.144. The number of rotatable bonds is 5. The SMILES string of the molecule is O=C1C(=O)N(C2CCCC2)C(=O)N1CN1CCN(Cc2ccc(Br)s2)CC1. The van der Waals surface area contributed by atoms with E-state index in [0.29, 0.717) is 0 Å². The van der Waals surface area contributed by atoms with Crippen LogP contribution in [0.25, 0.3) is 0 Å². The van der Waals surface area contributed by atoms with Crippen molar-refractivity contribution < 1.29 is 14.4 Å². The van der Waals surface area contributed by atoms with Gasteiger partial charge < -0.3 is 0 Å². The molecule has 0 aromatic carbocycles. The fraction of sp³-hybridized carbons (Fsp3) is 0.611. The molecule has 27 heavy (non-hydrogen) atoms. The van der Waals surface area contributed by atoms with Crippen LogP contribution in [0.2, 0.25) is 0 Å². The Morgan fingerprint density at radius 2 is 1.63 bits per heavy atom. The number of imide groups is 2. The van der Waals surface area contributed by atoms with Crippen molar-refractivity contribution in [3.63, 3.8) is 0 Å². The third-order valence-corrected chi connectivity index (χ3v) is 7.20. The second kappa shape index (κ2) is 7.98. The number of piperazine rings is 1. The maximum absolute atomic E-state index is 12.7. The first-order chi connectivity index (χ1) is 13.0. The third-order valence-electron chi connectivity index (χ3n) is 5.59. The molecule has 1 aromatic rings. The predicted molar refractivity (Wildman–Crippen MR) is 105 cm³/mol. The van der Waals surface area contributed by atoms with Gasteiger partial charge in [0.05, 0.1) is 10.5 Å². The maximum atomic E-state index is 12.7. The van der Waals surface area contributed by atoms with Crippen LogP contribution in [-0.4, -0.2) is 76.3 Å². The number of thiophene rings is 1. The lowest BCUT2D eigenvalue weighted by Gasteiger charge is -2.35. The Kier molecular flexibility index (Phi) is 5.63. The summed E-state index contributed by atoms with van der Waals surface area (Å²) in [6, 6.07) is 3.67. The Hall–Kier alpha value is -1.29. The molecule has 1 aliphatic carbocycles. The van der Waals surface area contributed by atoms with Crippen molar-refractivity contribution in [2.45, 2.75) is 38.3 Å². The second-order valence-corrected chi connectivity index (χ2v) is 9.92. The van der Waals surface area contributed by atoms with Crippen LogP contribution in [0, 0.1) is 0 Å². The van der Waals surface area contributed by atoms with Crippen LogP contribution in [0.15, 0.2) is 15.9 Å². The van der Waals surface area contributed by atoms with Crippen LogP contribution < -0.4 is 0 Å². The van der Waals surface area contributed by atoms with Crippen LogP contribution >= 0.6 is 27.3 Å². The highest BCUT2D eigenvalue weighted by Crippen LogP contribution is 2.28. The van der Waals surface area contributed by atoms with Gasteiger partial charge in [0.2, 0.25) is 0 Å². The summed E-state index contributed by atoms with van der Waals surface area (Å²) in [7, 11) is 0. The summed E-state index contributed by atoms with van der Waals surface area (Å²) in [4.78, 5) is 45.4. The molecular weight excluding hydrogens is 432 g/mol. The first-order valence-corrected chi connectivity index (χ1v) is 11.0. The van der Waals surface area contributed by atoms with E-state index in [-0.39, 0.29) is 12.7 Å². The monoisotopic (exact) mass is 454 g/mol. The predicted octanol–water partition coefficient (Wildman–Crippen LogP) is 2.32. The summed E-state index contributed by atoms with van der Waals surface area (Å²) >= 11 is 5.23. The van der Waals surface area contributed by atoms with Crippen molar-refractivity contribution in [2.75, 3.05) is 32.8 Å². The molecule has 3 aliphatic rings. The minimum absolute atomic E-state index is 0.0964. The van der Waals surface area contributed by atoms with Crippen molar-refractivity contribution in [1.82, 2.24) is 19.6 Å². The smallest absolute Gasteiger partial charge is 0.296 e. The highest BCUT2D eigenvalue weighted by Gasteiger charge is 2.48. The number of halogens is 1. The van der Waals surface area contributed by atoms with Gasteiger partial charge in [-0.3, -0.25) is 24.3 Å². The van der Waals surface area contributed by atoms with E-state index in [2.05, 4.69) is 37.9 Å². The van der Waals surface area contributed by atoms with E-state index in [4.69, 9.17) is 0 Å². The Morgan fingerprint density at radius 3 is 2.26 bits per heavy atom. The van der Waals surface area contributed by atoms with Gasteiger partial charge in [-0.2, -0.15) is 0 Å². The van der Waals surface area contributed by atoms with Gasteiger partial charge in [-0.05, 0) is 40.9 Å². The normalized spacial score (nSPS) is 23.2. The van der Waals surface area contributed by atoms with Gasteiger partial charge in [-0.15, -0.1) is 11.3 Å². The Bertz CT molecular complexity index is 741. The number of nitrogens with zero attached hydrogens (tertiary/aromatic N) is 4. The van der Waals surface area contributed by atoms with E-state index in [9.17, 15) is 14.4 Å². The lowest BCUT2D eigenvalue weighted by atomic mass is 10.2. The van der Waals surface area contributed by atoms with E-state index in [1.54, 1.807) is 11.3 Å². The first kappa shape index (κ1) is 19.0. The summed E-state index contributed by atoms with van der Waals surface area (Å²) in [5.41, 5.74) is 0. The molecule has 0 radical (unpaired) electrons. The zero-order valence-corrected chi connectivity index (χ0v) is 17.5. The summed E-state index contributed by atoms with van der Waals surface area (Å²) < 4.78 is 1.14. The molecule has 0 N–H and O–H groups in total. The van der Waals surface area contributed by atoms with Gasteiger partial charge in [0, 0.05) is 43.6 Å². The molecule has 7 nitrogen and oxygen atoms in total. The van der Waals surface area contributed by atoms with E-state index >= 15 is 0 Å². The van der Waals surface area contributed by atoms with Crippen molar-refractivity contribution in [2.24, 2.45) is 0 Å². The quantitative estimate of drug-likeness (QED) is 0.504. The van der Waals surface area contributed by atoms with Crippen LogP contribution in [0.3, 0.4) is 0 Å². The number of carbonyl (C=O) groups excluding carboxylic acids is 3. The van der Waals surface area contributed by atoms with E-state index in [0.717, 1.165) is 67.1 Å². The average Bonchev–Trinajstić information content (AvgIpc) is 3.36. The maximum Gasteiger partial charge on any atom is 0.335 e. The molecule has 1 aromatic heterocycles. The first-order valence-electron chi connectivity index (χ1n) is 9.41. The molecule has 0 bridgehead atoms. The molecule has 2 saturated heterocycles. The molecular formula is C18H23BrN4O3S. The fourth-order valence-corrected chi connectivity index (χ4v) is 5.60. The second-order valence-electron chi connectivity index (χ2n) is 7.37. The van der Waals surface area contributed by atoms with Gasteiger partial charge in [0.15, 0.2) is 0 Å². The molecule has 9 heteroatoms. The molecule has 4 amide bonds. The summed E-state index contributed by atoms with van der Waals surface area (Å²) in [5, 5.41) is 0. The minimum Gasteiger partial charge on any atom is -0.296 e.